The number of carbonyl (C=O) groups excluding carboxylic acids is 1. The maximum Gasteiger partial charge on any atom is 0.411 e. The Kier molecular flexibility index (Phi) is 3.55. The minimum atomic E-state index is -1.59. The van der Waals surface area contributed by atoms with E-state index < -0.39 is 8.32 Å². The van der Waals surface area contributed by atoms with Crippen LogP contribution in [0.1, 0.15) is 13.3 Å². The van der Waals surface area contributed by atoms with Gasteiger partial charge >= 0.3 is 6.09 Å². The van der Waals surface area contributed by atoms with E-state index in [4.69, 9.17) is 9.16 Å². The SMILES string of the molecule is CCC(O[Si](C)(C)C)N1CCOC1=O. The zero-order valence-corrected chi connectivity index (χ0v) is 10.4. The predicted molar refractivity (Wildman–Crippen MR) is 56.6 cm³/mol. The Balaban J connectivity index is 2.57. The van der Waals surface area contributed by atoms with Gasteiger partial charge in [-0.15, -0.1) is 0 Å². The Morgan fingerprint density at radius 3 is 2.57 bits per heavy atom. The number of cyclic esters (lactones) is 1. The number of rotatable bonds is 4. The first kappa shape index (κ1) is 11.5. The van der Waals surface area contributed by atoms with E-state index in [-0.39, 0.29) is 12.3 Å². The van der Waals surface area contributed by atoms with Crippen molar-refractivity contribution in [3.63, 3.8) is 0 Å². The average molecular weight is 217 g/mol. The molecule has 0 aromatic rings. The smallest absolute Gasteiger partial charge is 0.411 e. The standard InChI is InChI=1S/C9H19NO3Si/c1-5-8(13-14(2,3)4)10-6-7-12-9(10)11/h8H,5-7H2,1-4H3. The Morgan fingerprint density at radius 2 is 2.21 bits per heavy atom. The molecule has 0 aromatic heterocycles. The highest BCUT2D eigenvalue weighted by Gasteiger charge is 2.32. The van der Waals surface area contributed by atoms with Crippen LogP contribution in [0.4, 0.5) is 4.79 Å². The maximum atomic E-state index is 11.3. The Hall–Kier alpha value is -0.553. The van der Waals surface area contributed by atoms with Crippen LogP contribution in [-0.2, 0) is 9.16 Å². The van der Waals surface area contributed by atoms with Crippen molar-refractivity contribution in [3.8, 4) is 0 Å². The molecule has 1 fully saturated rings. The van der Waals surface area contributed by atoms with Crippen LogP contribution in [0.2, 0.25) is 19.6 Å². The summed E-state index contributed by atoms with van der Waals surface area (Å²) in [6.45, 7) is 9.54. The van der Waals surface area contributed by atoms with Gasteiger partial charge in [-0.1, -0.05) is 6.92 Å². The molecule has 1 aliphatic heterocycles. The predicted octanol–water partition coefficient (Wildman–Crippen LogP) is 2.03. The molecule has 14 heavy (non-hydrogen) atoms. The number of ether oxygens (including phenoxy) is 1. The fourth-order valence-electron chi connectivity index (χ4n) is 1.44. The molecule has 1 aliphatic rings. The van der Waals surface area contributed by atoms with E-state index in [9.17, 15) is 4.79 Å². The molecule has 0 N–H and O–H groups in total. The first-order chi connectivity index (χ1) is 6.44. The molecule has 0 aliphatic carbocycles. The highest BCUT2D eigenvalue weighted by molar-refractivity contribution is 6.69. The molecule has 1 unspecified atom stereocenters. The van der Waals surface area contributed by atoms with Gasteiger partial charge in [-0.05, 0) is 26.1 Å². The maximum absolute atomic E-state index is 11.3. The second-order valence-electron chi connectivity index (χ2n) is 4.40. The molecule has 0 spiro atoms. The van der Waals surface area contributed by atoms with Gasteiger partial charge in [0.1, 0.15) is 12.8 Å². The molecular formula is C9H19NO3Si. The van der Waals surface area contributed by atoms with Gasteiger partial charge in [-0.25, -0.2) is 4.79 Å². The van der Waals surface area contributed by atoms with Gasteiger partial charge < -0.3 is 9.16 Å². The number of carbonyl (C=O) groups is 1. The topological polar surface area (TPSA) is 38.8 Å². The quantitative estimate of drug-likeness (QED) is 0.676. The van der Waals surface area contributed by atoms with Gasteiger partial charge in [-0.3, -0.25) is 4.90 Å². The van der Waals surface area contributed by atoms with Crippen molar-refractivity contribution in [2.24, 2.45) is 0 Å². The second-order valence-corrected chi connectivity index (χ2v) is 8.86. The minimum Gasteiger partial charge on any atom is -0.447 e. The van der Waals surface area contributed by atoms with E-state index in [1.165, 1.54) is 0 Å². The van der Waals surface area contributed by atoms with Crippen molar-refractivity contribution in [2.75, 3.05) is 13.2 Å². The van der Waals surface area contributed by atoms with Crippen LogP contribution >= 0.6 is 0 Å². The van der Waals surface area contributed by atoms with Crippen molar-refractivity contribution in [1.29, 1.82) is 0 Å². The fourth-order valence-corrected chi connectivity index (χ4v) is 2.55. The highest BCUT2D eigenvalue weighted by atomic mass is 28.4. The van der Waals surface area contributed by atoms with Crippen molar-refractivity contribution < 1.29 is 14.0 Å². The number of hydrogen-bond donors (Lipinski definition) is 0. The first-order valence-corrected chi connectivity index (χ1v) is 8.46. The molecule has 1 saturated heterocycles. The molecule has 82 valence electrons. The summed E-state index contributed by atoms with van der Waals surface area (Å²) in [4.78, 5) is 13.0. The molecule has 0 saturated carbocycles. The lowest BCUT2D eigenvalue weighted by atomic mass is 10.4. The van der Waals surface area contributed by atoms with Gasteiger partial charge in [0, 0.05) is 0 Å². The summed E-state index contributed by atoms with van der Waals surface area (Å²) in [6.07, 6.45) is 0.478. The summed E-state index contributed by atoms with van der Waals surface area (Å²) < 4.78 is 10.8. The Labute approximate surface area is 86.3 Å². The molecule has 1 rings (SSSR count). The molecule has 1 atom stereocenters. The third-order valence-corrected chi connectivity index (χ3v) is 2.96. The molecule has 1 amide bonds. The third kappa shape index (κ3) is 2.99. The van der Waals surface area contributed by atoms with E-state index in [0.29, 0.717) is 13.2 Å². The number of hydrogen-bond acceptors (Lipinski definition) is 3. The van der Waals surface area contributed by atoms with Crippen LogP contribution < -0.4 is 0 Å². The van der Waals surface area contributed by atoms with Crippen molar-refractivity contribution in [2.45, 2.75) is 39.2 Å². The van der Waals surface area contributed by atoms with Crippen molar-refractivity contribution in [1.82, 2.24) is 4.90 Å². The van der Waals surface area contributed by atoms with Gasteiger partial charge in [0.05, 0.1) is 6.54 Å². The Morgan fingerprint density at radius 1 is 1.57 bits per heavy atom. The molecule has 0 radical (unpaired) electrons. The van der Waals surface area contributed by atoms with Crippen LogP contribution in [0.25, 0.3) is 0 Å². The summed E-state index contributed by atoms with van der Waals surface area (Å²) in [5.74, 6) is 0. The first-order valence-electron chi connectivity index (χ1n) is 5.05. The van der Waals surface area contributed by atoms with Gasteiger partial charge in [0.2, 0.25) is 0 Å². The molecule has 0 aromatic carbocycles. The van der Waals surface area contributed by atoms with Crippen LogP contribution in [0.3, 0.4) is 0 Å². The minimum absolute atomic E-state index is 0.100. The average Bonchev–Trinajstić information content (AvgIpc) is 2.45. The second kappa shape index (κ2) is 4.31. The zero-order chi connectivity index (χ0) is 10.8. The van der Waals surface area contributed by atoms with Gasteiger partial charge in [-0.2, -0.15) is 0 Å². The van der Waals surface area contributed by atoms with Crippen molar-refractivity contribution >= 4 is 14.4 Å². The van der Waals surface area contributed by atoms with Gasteiger partial charge in [0.15, 0.2) is 8.32 Å². The van der Waals surface area contributed by atoms with E-state index in [0.717, 1.165) is 6.42 Å². The van der Waals surface area contributed by atoms with E-state index >= 15 is 0 Å². The lowest BCUT2D eigenvalue weighted by Crippen LogP contribution is -2.43. The molecule has 1 heterocycles. The third-order valence-electron chi connectivity index (χ3n) is 1.98. The highest BCUT2D eigenvalue weighted by Crippen LogP contribution is 2.17. The van der Waals surface area contributed by atoms with E-state index in [1.54, 1.807) is 4.90 Å². The van der Waals surface area contributed by atoms with Crippen LogP contribution in [0, 0.1) is 0 Å². The van der Waals surface area contributed by atoms with Crippen LogP contribution in [0.5, 0.6) is 0 Å². The normalized spacial score (nSPS) is 19.7. The zero-order valence-electron chi connectivity index (χ0n) is 9.37. The summed E-state index contributed by atoms with van der Waals surface area (Å²) in [5, 5.41) is 0. The lowest BCUT2D eigenvalue weighted by Gasteiger charge is -2.30. The van der Waals surface area contributed by atoms with Gasteiger partial charge in [0.25, 0.3) is 0 Å². The van der Waals surface area contributed by atoms with Crippen LogP contribution in [0.15, 0.2) is 0 Å². The summed E-state index contributed by atoms with van der Waals surface area (Å²) in [6, 6.07) is 0. The monoisotopic (exact) mass is 217 g/mol. The molecule has 0 bridgehead atoms. The molecule has 4 nitrogen and oxygen atoms in total. The largest absolute Gasteiger partial charge is 0.447 e. The molecule has 5 heteroatoms. The van der Waals surface area contributed by atoms with E-state index in [2.05, 4.69) is 19.6 Å². The molecular weight excluding hydrogens is 198 g/mol. The fraction of sp³-hybridized carbons (Fsp3) is 0.889. The lowest BCUT2D eigenvalue weighted by molar-refractivity contribution is 0.0491. The summed E-state index contributed by atoms with van der Waals surface area (Å²) >= 11 is 0. The Bertz CT molecular complexity index is 215. The number of amides is 1. The van der Waals surface area contributed by atoms with Crippen molar-refractivity contribution in [3.05, 3.63) is 0 Å². The number of nitrogens with zero attached hydrogens (tertiary/aromatic N) is 1. The summed E-state index contributed by atoms with van der Waals surface area (Å²) in [5.41, 5.74) is 0. The van der Waals surface area contributed by atoms with Crippen LogP contribution in [-0.4, -0.2) is 38.7 Å². The van der Waals surface area contributed by atoms with E-state index in [1.807, 2.05) is 6.92 Å². The summed E-state index contributed by atoms with van der Waals surface area (Å²) in [7, 11) is -1.59.